The minimum atomic E-state index is -0.0988. The van der Waals surface area contributed by atoms with Crippen molar-refractivity contribution in [1.29, 1.82) is 0 Å². The summed E-state index contributed by atoms with van der Waals surface area (Å²) < 4.78 is 3.59. The lowest BCUT2D eigenvalue weighted by Gasteiger charge is -2.18. The van der Waals surface area contributed by atoms with E-state index in [-0.39, 0.29) is 5.69 Å². The van der Waals surface area contributed by atoms with Crippen molar-refractivity contribution >= 4 is 54.4 Å². The van der Waals surface area contributed by atoms with Gasteiger partial charge in [0.2, 0.25) is 0 Å². The molecular formula is C51H32N4O. The summed E-state index contributed by atoms with van der Waals surface area (Å²) in [6.07, 6.45) is 1.83. The van der Waals surface area contributed by atoms with E-state index in [2.05, 4.69) is 132 Å². The van der Waals surface area contributed by atoms with Gasteiger partial charge >= 0.3 is 5.69 Å². The number of fused-ring (bicyclic) bond motifs is 6. The van der Waals surface area contributed by atoms with Crippen LogP contribution in [0.15, 0.2) is 199 Å². The monoisotopic (exact) mass is 716 g/mol. The minimum absolute atomic E-state index is 0.0988. The van der Waals surface area contributed by atoms with Crippen molar-refractivity contribution in [2.45, 2.75) is 0 Å². The van der Waals surface area contributed by atoms with Gasteiger partial charge < -0.3 is 0 Å². The Hall–Kier alpha value is -7.63. The molecule has 5 heteroatoms. The summed E-state index contributed by atoms with van der Waals surface area (Å²) in [5.74, 6) is 0. The normalized spacial score (nSPS) is 11.6. The van der Waals surface area contributed by atoms with E-state index in [0.29, 0.717) is 0 Å². The van der Waals surface area contributed by atoms with Crippen LogP contribution in [-0.4, -0.2) is 19.1 Å². The molecule has 0 bridgehead atoms. The van der Waals surface area contributed by atoms with E-state index < -0.39 is 0 Å². The van der Waals surface area contributed by atoms with Gasteiger partial charge in [-0.15, -0.1) is 0 Å². The first-order valence-corrected chi connectivity index (χ1v) is 18.8. The summed E-state index contributed by atoms with van der Waals surface area (Å²) in [5.41, 5.74) is 11.7. The number of benzene rings is 8. The maximum atomic E-state index is 14.1. The highest BCUT2D eigenvalue weighted by atomic mass is 16.1. The number of para-hydroxylation sites is 3. The lowest BCUT2D eigenvalue weighted by molar-refractivity contribution is 0.931. The van der Waals surface area contributed by atoms with Gasteiger partial charge in [0, 0.05) is 22.5 Å². The number of hydrogen-bond donors (Lipinski definition) is 0. The Labute approximate surface area is 322 Å². The van der Waals surface area contributed by atoms with Crippen LogP contribution in [0.5, 0.6) is 0 Å². The van der Waals surface area contributed by atoms with Gasteiger partial charge in [-0.2, -0.15) is 0 Å². The zero-order chi connectivity index (χ0) is 37.2. The second-order valence-electron chi connectivity index (χ2n) is 14.2. The van der Waals surface area contributed by atoms with E-state index in [1.807, 2.05) is 71.4 Å². The number of hydrogen-bond acceptors (Lipinski definition) is 3. The lowest BCUT2D eigenvalue weighted by atomic mass is 9.86. The Balaban J connectivity index is 1.03. The smallest absolute Gasteiger partial charge is 0.260 e. The van der Waals surface area contributed by atoms with Gasteiger partial charge in [-0.1, -0.05) is 140 Å². The highest BCUT2D eigenvalue weighted by Crippen LogP contribution is 2.44. The maximum Gasteiger partial charge on any atom is 0.338 e. The summed E-state index contributed by atoms with van der Waals surface area (Å²) >= 11 is 0. The molecule has 5 nitrogen and oxygen atoms in total. The van der Waals surface area contributed by atoms with Crippen molar-refractivity contribution in [3.8, 4) is 44.9 Å². The highest BCUT2D eigenvalue weighted by Gasteiger charge is 2.19. The van der Waals surface area contributed by atoms with Gasteiger partial charge in [0.15, 0.2) is 0 Å². The van der Waals surface area contributed by atoms with Crippen molar-refractivity contribution in [3.05, 3.63) is 205 Å². The molecule has 0 saturated heterocycles. The molecule has 8 aromatic carbocycles. The van der Waals surface area contributed by atoms with Crippen LogP contribution in [0.4, 0.5) is 0 Å². The SMILES string of the molecule is O=c1n(-c2ccccc2)c2ccccc2n1-c1ccc(-c2c3ccccc3c(-c3ccc(-c4ccc5ccc6cccnc6c5n4)cc3)c3ccccc23)cc1. The highest BCUT2D eigenvalue weighted by molar-refractivity contribution is 6.21. The van der Waals surface area contributed by atoms with Crippen LogP contribution in [0, 0.1) is 0 Å². The lowest BCUT2D eigenvalue weighted by Crippen LogP contribution is -2.22. The maximum absolute atomic E-state index is 14.1. The third kappa shape index (κ3) is 4.99. The molecule has 0 unspecified atom stereocenters. The third-order valence-electron chi connectivity index (χ3n) is 11.0. The average molecular weight is 717 g/mol. The summed E-state index contributed by atoms with van der Waals surface area (Å²) in [5, 5.41) is 6.87. The molecule has 0 saturated carbocycles. The number of rotatable bonds is 5. The van der Waals surface area contributed by atoms with E-state index in [1.165, 1.54) is 32.7 Å². The zero-order valence-corrected chi connectivity index (χ0v) is 30.2. The molecular weight excluding hydrogens is 685 g/mol. The fourth-order valence-corrected chi connectivity index (χ4v) is 8.44. The second kappa shape index (κ2) is 12.8. The largest absolute Gasteiger partial charge is 0.338 e. The Bertz CT molecular complexity index is 3310. The van der Waals surface area contributed by atoms with Crippen molar-refractivity contribution < 1.29 is 0 Å². The number of aromatic nitrogens is 4. The molecule has 0 N–H and O–H groups in total. The third-order valence-corrected chi connectivity index (χ3v) is 11.0. The van der Waals surface area contributed by atoms with Crippen molar-refractivity contribution in [3.63, 3.8) is 0 Å². The van der Waals surface area contributed by atoms with Gasteiger partial charge in [0.05, 0.1) is 39.1 Å². The van der Waals surface area contributed by atoms with Crippen LogP contribution in [-0.2, 0) is 0 Å². The molecule has 3 aromatic heterocycles. The Morgan fingerprint density at radius 1 is 0.375 bits per heavy atom. The molecule has 262 valence electrons. The Kier molecular flexibility index (Phi) is 7.25. The minimum Gasteiger partial charge on any atom is -0.260 e. The number of imidazole rings is 1. The first kappa shape index (κ1) is 31.9. The quantitative estimate of drug-likeness (QED) is 0.132. The van der Waals surface area contributed by atoms with E-state index in [9.17, 15) is 4.79 Å². The van der Waals surface area contributed by atoms with E-state index in [4.69, 9.17) is 4.98 Å². The topological polar surface area (TPSA) is 52.7 Å². The summed E-state index contributed by atoms with van der Waals surface area (Å²) in [4.78, 5) is 23.8. The standard InChI is InChI=1S/C51H32N4O/c56-51-54(38-12-2-1-3-13-38)45-18-8-9-19-46(45)55(51)39-29-26-35(27-30-39)48-42-16-6-4-14-40(42)47(41-15-5-7-17-43(41)48)34-22-20-33(21-23-34)44-31-28-37-25-24-36-11-10-32-52-49(36)50(37)53-44/h1-32H. The van der Waals surface area contributed by atoms with Crippen molar-refractivity contribution in [2.75, 3.05) is 0 Å². The Morgan fingerprint density at radius 2 is 0.839 bits per heavy atom. The predicted octanol–water partition coefficient (Wildman–Crippen LogP) is 12.2. The van der Waals surface area contributed by atoms with Crippen molar-refractivity contribution in [2.24, 2.45) is 0 Å². The van der Waals surface area contributed by atoms with Crippen LogP contribution in [0.3, 0.4) is 0 Å². The van der Waals surface area contributed by atoms with Gasteiger partial charge in [-0.25, -0.2) is 9.78 Å². The fraction of sp³-hybridized carbons (Fsp3) is 0. The molecule has 0 aliphatic rings. The molecule has 0 amide bonds. The molecule has 56 heavy (non-hydrogen) atoms. The van der Waals surface area contributed by atoms with E-state index >= 15 is 0 Å². The van der Waals surface area contributed by atoms with E-state index in [1.54, 1.807) is 4.57 Å². The molecule has 0 aliphatic heterocycles. The first-order chi connectivity index (χ1) is 27.7. The zero-order valence-electron chi connectivity index (χ0n) is 30.2. The van der Waals surface area contributed by atoms with Crippen molar-refractivity contribution in [1.82, 2.24) is 19.1 Å². The summed E-state index contributed by atoms with van der Waals surface area (Å²) in [6, 6.07) is 64.8. The molecule has 0 atom stereocenters. The molecule has 3 heterocycles. The predicted molar refractivity (Wildman–Crippen MR) is 231 cm³/mol. The first-order valence-electron chi connectivity index (χ1n) is 18.8. The van der Waals surface area contributed by atoms with Crippen LogP contribution in [0.25, 0.3) is 99.3 Å². The van der Waals surface area contributed by atoms with Crippen LogP contribution in [0.2, 0.25) is 0 Å². The molecule has 0 spiro atoms. The number of pyridine rings is 2. The Morgan fingerprint density at radius 3 is 1.43 bits per heavy atom. The molecule has 0 radical (unpaired) electrons. The van der Waals surface area contributed by atoms with E-state index in [0.717, 1.165) is 66.6 Å². The molecule has 0 fully saturated rings. The summed E-state index contributed by atoms with van der Waals surface area (Å²) in [6.45, 7) is 0. The fourth-order valence-electron chi connectivity index (χ4n) is 8.44. The van der Waals surface area contributed by atoms with Gasteiger partial charge in [0.1, 0.15) is 0 Å². The average Bonchev–Trinajstić information content (AvgIpc) is 3.57. The van der Waals surface area contributed by atoms with Crippen LogP contribution >= 0.6 is 0 Å². The molecule has 11 aromatic rings. The van der Waals surface area contributed by atoms with Gasteiger partial charge in [-0.3, -0.25) is 14.1 Å². The number of nitrogens with zero attached hydrogens (tertiary/aromatic N) is 4. The summed E-state index contributed by atoms with van der Waals surface area (Å²) in [7, 11) is 0. The molecule has 0 aliphatic carbocycles. The van der Waals surface area contributed by atoms with Gasteiger partial charge in [-0.05, 0) is 92.3 Å². The van der Waals surface area contributed by atoms with Crippen LogP contribution < -0.4 is 5.69 Å². The second-order valence-corrected chi connectivity index (χ2v) is 14.2. The van der Waals surface area contributed by atoms with Crippen LogP contribution in [0.1, 0.15) is 0 Å². The molecule has 11 rings (SSSR count). The van der Waals surface area contributed by atoms with Gasteiger partial charge in [0.25, 0.3) is 0 Å².